The molecule has 2 aromatic rings. The average Bonchev–Trinajstić information content (AvgIpc) is 2.43. The van der Waals surface area contributed by atoms with Crippen LogP contribution in [0.25, 0.3) is 0 Å². The fourth-order valence-corrected chi connectivity index (χ4v) is 2.91. The molecule has 106 valence electrons. The summed E-state index contributed by atoms with van der Waals surface area (Å²) in [6.07, 6.45) is 1.79. The van der Waals surface area contributed by atoms with Gasteiger partial charge in [0.1, 0.15) is 5.03 Å². The van der Waals surface area contributed by atoms with E-state index in [0.717, 1.165) is 16.0 Å². The Kier molecular flexibility index (Phi) is 5.43. The van der Waals surface area contributed by atoms with Crippen molar-refractivity contribution in [1.29, 1.82) is 0 Å². The van der Waals surface area contributed by atoms with Crippen molar-refractivity contribution in [2.45, 2.75) is 36.6 Å². The van der Waals surface area contributed by atoms with Crippen molar-refractivity contribution in [3.8, 4) is 0 Å². The van der Waals surface area contributed by atoms with Crippen LogP contribution in [0.15, 0.2) is 44.9 Å². The number of anilines is 1. The zero-order valence-electron chi connectivity index (χ0n) is 11.9. The lowest BCUT2D eigenvalue weighted by molar-refractivity contribution is 0.865. The lowest BCUT2D eigenvalue weighted by Gasteiger charge is -2.08. The van der Waals surface area contributed by atoms with E-state index in [2.05, 4.69) is 69.3 Å². The summed E-state index contributed by atoms with van der Waals surface area (Å²) < 4.78 is 0.914. The standard InChI is InChI=1S/C15H18BrN3S/c1-4-17-15-18-9-13(16)14(19-15)20-12-7-5-11(6-8-12)10(2)3/h5-10H,4H2,1-3H3,(H,17,18,19). The Morgan fingerprint density at radius 2 is 1.95 bits per heavy atom. The highest BCUT2D eigenvalue weighted by molar-refractivity contribution is 9.10. The van der Waals surface area contributed by atoms with Crippen LogP contribution >= 0.6 is 27.7 Å². The van der Waals surface area contributed by atoms with Gasteiger partial charge in [0, 0.05) is 17.6 Å². The van der Waals surface area contributed by atoms with Gasteiger partial charge in [-0.25, -0.2) is 9.97 Å². The molecule has 20 heavy (non-hydrogen) atoms. The van der Waals surface area contributed by atoms with Crippen LogP contribution in [-0.4, -0.2) is 16.5 Å². The third kappa shape index (κ3) is 3.96. The number of aromatic nitrogens is 2. The van der Waals surface area contributed by atoms with Crippen molar-refractivity contribution in [2.24, 2.45) is 0 Å². The molecule has 0 aliphatic heterocycles. The van der Waals surface area contributed by atoms with E-state index in [0.29, 0.717) is 11.9 Å². The first-order valence-electron chi connectivity index (χ1n) is 6.64. The van der Waals surface area contributed by atoms with E-state index in [-0.39, 0.29) is 0 Å². The third-order valence-corrected chi connectivity index (χ3v) is 4.66. The van der Waals surface area contributed by atoms with Gasteiger partial charge in [-0.05, 0) is 46.5 Å². The first-order chi connectivity index (χ1) is 9.60. The highest BCUT2D eigenvalue weighted by atomic mass is 79.9. The van der Waals surface area contributed by atoms with Gasteiger partial charge in [0.25, 0.3) is 0 Å². The van der Waals surface area contributed by atoms with Gasteiger partial charge in [-0.2, -0.15) is 0 Å². The number of nitrogens with one attached hydrogen (secondary N) is 1. The monoisotopic (exact) mass is 351 g/mol. The quantitative estimate of drug-likeness (QED) is 0.773. The molecule has 5 heteroatoms. The Morgan fingerprint density at radius 3 is 2.55 bits per heavy atom. The molecule has 3 nitrogen and oxygen atoms in total. The van der Waals surface area contributed by atoms with Gasteiger partial charge >= 0.3 is 0 Å². The molecule has 0 saturated carbocycles. The minimum atomic E-state index is 0.556. The summed E-state index contributed by atoms with van der Waals surface area (Å²) in [6, 6.07) is 8.63. The van der Waals surface area contributed by atoms with Crippen LogP contribution in [0.2, 0.25) is 0 Å². The largest absolute Gasteiger partial charge is 0.354 e. The molecule has 1 aromatic heterocycles. The molecule has 0 aliphatic rings. The zero-order valence-corrected chi connectivity index (χ0v) is 14.3. The van der Waals surface area contributed by atoms with E-state index in [1.165, 1.54) is 10.5 Å². The first kappa shape index (κ1) is 15.3. The van der Waals surface area contributed by atoms with Crippen LogP contribution < -0.4 is 5.32 Å². The molecule has 0 fully saturated rings. The third-order valence-electron chi connectivity index (χ3n) is 2.81. The van der Waals surface area contributed by atoms with Gasteiger partial charge in [-0.3, -0.25) is 0 Å². The van der Waals surface area contributed by atoms with E-state index < -0.39 is 0 Å². The maximum atomic E-state index is 4.51. The highest BCUT2D eigenvalue weighted by Gasteiger charge is 2.07. The summed E-state index contributed by atoms with van der Waals surface area (Å²) in [7, 11) is 0. The van der Waals surface area contributed by atoms with Crippen LogP contribution in [0.5, 0.6) is 0 Å². The zero-order chi connectivity index (χ0) is 14.5. The van der Waals surface area contributed by atoms with Crippen LogP contribution in [-0.2, 0) is 0 Å². The number of halogens is 1. The van der Waals surface area contributed by atoms with Crippen molar-refractivity contribution in [3.63, 3.8) is 0 Å². The summed E-state index contributed by atoms with van der Waals surface area (Å²) in [5, 5.41) is 4.05. The number of benzene rings is 1. The topological polar surface area (TPSA) is 37.8 Å². The van der Waals surface area contributed by atoms with Crippen LogP contribution in [0.4, 0.5) is 5.95 Å². The predicted octanol–water partition coefficient (Wildman–Crippen LogP) is 4.95. The fraction of sp³-hybridized carbons (Fsp3) is 0.333. The van der Waals surface area contributed by atoms with E-state index in [4.69, 9.17) is 0 Å². The second kappa shape index (κ2) is 7.09. The van der Waals surface area contributed by atoms with Crippen molar-refractivity contribution >= 4 is 33.6 Å². The van der Waals surface area contributed by atoms with E-state index >= 15 is 0 Å². The molecule has 1 heterocycles. The summed E-state index contributed by atoms with van der Waals surface area (Å²) in [5.41, 5.74) is 1.35. The number of nitrogens with zero attached hydrogens (tertiary/aromatic N) is 2. The van der Waals surface area contributed by atoms with Crippen LogP contribution in [0.3, 0.4) is 0 Å². The van der Waals surface area contributed by atoms with Crippen molar-refractivity contribution in [3.05, 3.63) is 40.5 Å². The highest BCUT2D eigenvalue weighted by Crippen LogP contribution is 2.32. The molecular formula is C15H18BrN3S. The Bertz CT molecular complexity index is 570. The number of hydrogen-bond donors (Lipinski definition) is 1. The molecular weight excluding hydrogens is 334 g/mol. The van der Waals surface area contributed by atoms with Crippen LogP contribution in [0.1, 0.15) is 32.3 Å². The van der Waals surface area contributed by atoms with E-state index in [1.54, 1.807) is 18.0 Å². The summed E-state index contributed by atoms with van der Waals surface area (Å²) >= 11 is 5.14. The molecule has 0 radical (unpaired) electrons. The average molecular weight is 352 g/mol. The normalized spacial score (nSPS) is 10.8. The molecule has 0 aliphatic carbocycles. The van der Waals surface area contributed by atoms with E-state index in [1.807, 2.05) is 6.92 Å². The SMILES string of the molecule is CCNc1ncc(Br)c(Sc2ccc(C(C)C)cc2)n1. The maximum absolute atomic E-state index is 4.51. The summed E-state index contributed by atoms with van der Waals surface area (Å²) in [4.78, 5) is 9.91. The predicted molar refractivity (Wildman–Crippen MR) is 88.5 cm³/mol. The minimum absolute atomic E-state index is 0.556. The Morgan fingerprint density at radius 1 is 1.25 bits per heavy atom. The molecule has 1 aromatic carbocycles. The van der Waals surface area contributed by atoms with Gasteiger partial charge < -0.3 is 5.32 Å². The molecule has 0 spiro atoms. The van der Waals surface area contributed by atoms with Crippen molar-refractivity contribution in [2.75, 3.05) is 11.9 Å². The smallest absolute Gasteiger partial charge is 0.223 e. The molecule has 0 bridgehead atoms. The Hall–Kier alpha value is -1.07. The van der Waals surface area contributed by atoms with Gasteiger partial charge in [-0.15, -0.1) is 0 Å². The lowest BCUT2D eigenvalue weighted by Crippen LogP contribution is -2.02. The Labute approximate surface area is 132 Å². The molecule has 2 rings (SSSR count). The first-order valence-corrected chi connectivity index (χ1v) is 8.25. The number of hydrogen-bond acceptors (Lipinski definition) is 4. The van der Waals surface area contributed by atoms with Crippen molar-refractivity contribution < 1.29 is 0 Å². The maximum Gasteiger partial charge on any atom is 0.223 e. The summed E-state index contributed by atoms with van der Waals surface area (Å²) in [6.45, 7) is 7.25. The van der Waals surface area contributed by atoms with Gasteiger partial charge in [-0.1, -0.05) is 37.7 Å². The molecule has 0 atom stereocenters. The molecule has 0 unspecified atom stereocenters. The molecule has 0 amide bonds. The molecule has 1 N–H and O–H groups in total. The molecule has 0 saturated heterocycles. The fourth-order valence-electron chi connectivity index (χ4n) is 1.70. The van der Waals surface area contributed by atoms with Gasteiger partial charge in [0.15, 0.2) is 0 Å². The second-order valence-corrected chi connectivity index (χ2v) is 6.62. The van der Waals surface area contributed by atoms with Crippen LogP contribution in [0, 0.1) is 0 Å². The minimum Gasteiger partial charge on any atom is -0.354 e. The van der Waals surface area contributed by atoms with Crippen molar-refractivity contribution in [1.82, 2.24) is 9.97 Å². The second-order valence-electron chi connectivity index (χ2n) is 4.70. The Balaban J connectivity index is 2.18. The van der Waals surface area contributed by atoms with E-state index in [9.17, 15) is 0 Å². The summed E-state index contributed by atoms with van der Waals surface area (Å²) in [5.74, 6) is 1.22. The van der Waals surface area contributed by atoms with Gasteiger partial charge in [0.2, 0.25) is 5.95 Å². The lowest BCUT2D eigenvalue weighted by atomic mass is 10.0. The van der Waals surface area contributed by atoms with Gasteiger partial charge in [0.05, 0.1) is 4.47 Å². The number of rotatable bonds is 5.